The van der Waals surface area contributed by atoms with Crippen LogP contribution in [-0.4, -0.2) is 156 Å². The van der Waals surface area contributed by atoms with E-state index in [-0.39, 0.29) is 57.5 Å². The van der Waals surface area contributed by atoms with Gasteiger partial charge in [-0.2, -0.15) is 0 Å². The quantitative estimate of drug-likeness (QED) is 0.0603. The molecule has 6 N–H and O–H groups in total. The lowest BCUT2D eigenvalue weighted by atomic mass is 10.1. The van der Waals surface area contributed by atoms with Crippen molar-refractivity contribution in [3.8, 4) is 11.5 Å². The smallest absolute Gasteiger partial charge is 0.317 e. The molecule has 0 spiro atoms. The van der Waals surface area contributed by atoms with Crippen LogP contribution in [-0.2, 0) is 30.4 Å². The number of unbranched alkanes of at least 4 members (excludes halogenated alkanes) is 3. The minimum atomic E-state index is -1.12. The van der Waals surface area contributed by atoms with E-state index in [0.717, 1.165) is 35.9 Å². The summed E-state index contributed by atoms with van der Waals surface area (Å²) in [7, 11) is 4.74. The number of aliphatic carboxylic acids is 3. The highest BCUT2D eigenvalue weighted by molar-refractivity contribution is 5.93. The van der Waals surface area contributed by atoms with Gasteiger partial charge in [0.15, 0.2) is 11.5 Å². The van der Waals surface area contributed by atoms with E-state index in [4.69, 9.17) is 14.6 Å². The number of ether oxygens (including phenoxy) is 2. The summed E-state index contributed by atoms with van der Waals surface area (Å²) in [6.07, 6.45) is 4.86. The number of amides is 2. The van der Waals surface area contributed by atoms with E-state index in [1.165, 1.54) is 16.1 Å². The van der Waals surface area contributed by atoms with Crippen molar-refractivity contribution in [2.45, 2.75) is 32.1 Å². The number of methoxy groups -OCH3 is 2. The number of fused-ring (bicyclic) bond motifs is 1. The van der Waals surface area contributed by atoms with Crippen LogP contribution in [0.4, 0.5) is 11.5 Å². The van der Waals surface area contributed by atoms with Gasteiger partial charge in [0.25, 0.3) is 0 Å². The first-order valence-corrected chi connectivity index (χ1v) is 17.9. The van der Waals surface area contributed by atoms with Gasteiger partial charge in [-0.3, -0.25) is 38.7 Å². The fourth-order valence-corrected chi connectivity index (χ4v) is 5.66. The minimum Gasteiger partial charge on any atom is -0.493 e. The lowest BCUT2D eigenvalue weighted by Gasteiger charge is -2.27. The van der Waals surface area contributed by atoms with E-state index in [1.54, 1.807) is 32.2 Å². The SMILES string of the molecule is COc1cc2ncnc(Nc3ccc(CC(=O)NCCCCCCNC(=O)CN(CCN(CCN(C)CC(=O)O)CC(=O)O)CC(=O)O)cc3)c2cc1OC. The third-order valence-electron chi connectivity index (χ3n) is 8.49. The molecular formula is C37H52N8O10. The lowest BCUT2D eigenvalue weighted by Crippen LogP contribution is -2.45. The summed E-state index contributed by atoms with van der Waals surface area (Å²) in [4.78, 5) is 71.9. The molecule has 0 saturated heterocycles. The van der Waals surface area contributed by atoms with E-state index in [1.807, 2.05) is 30.3 Å². The van der Waals surface area contributed by atoms with Crippen molar-refractivity contribution in [3.63, 3.8) is 0 Å². The molecule has 1 aromatic heterocycles. The number of aromatic nitrogens is 2. The Hall–Kier alpha value is -5.59. The van der Waals surface area contributed by atoms with Gasteiger partial charge in [-0.15, -0.1) is 0 Å². The van der Waals surface area contributed by atoms with Crippen LogP contribution in [0.2, 0.25) is 0 Å². The number of rotatable bonds is 27. The molecule has 2 aromatic carbocycles. The molecule has 0 fully saturated rings. The van der Waals surface area contributed by atoms with Gasteiger partial charge in [0, 0.05) is 56.4 Å². The molecule has 0 aliphatic rings. The van der Waals surface area contributed by atoms with Crippen LogP contribution in [0.1, 0.15) is 31.2 Å². The van der Waals surface area contributed by atoms with Crippen LogP contribution < -0.4 is 25.4 Å². The number of benzene rings is 2. The number of hydrogen-bond donors (Lipinski definition) is 6. The summed E-state index contributed by atoms with van der Waals surface area (Å²) in [5.74, 6) is -1.87. The maximum Gasteiger partial charge on any atom is 0.317 e. The van der Waals surface area contributed by atoms with Gasteiger partial charge in [0.2, 0.25) is 11.8 Å². The van der Waals surface area contributed by atoms with Gasteiger partial charge in [-0.1, -0.05) is 25.0 Å². The number of carbonyl (C=O) groups excluding carboxylic acids is 2. The summed E-state index contributed by atoms with van der Waals surface area (Å²) in [6.45, 7) is 0.768. The predicted octanol–water partition coefficient (Wildman–Crippen LogP) is 1.52. The largest absolute Gasteiger partial charge is 0.493 e. The highest BCUT2D eigenvalue weighted by atomic mass is 16.5. The van der Waals surface area contributed by atoms with E-state index < -0.39 is 24.5 Å². The maximum absolute atomic E-state index is 12.5. The number of nitrogens with one attached hydrogen (secondary N) is 3. The second-order valence-electron chi connectivity index (χ2n) is 13.0. The van der Waals surface area contributed by atoms with Crippen molar-refractivity contribution >= 4 is 52.1 Å². The molecule has 1 heterocycles. The Labute approximate surface area is 319 Å². The number of nitrogens with zero attached hydrogens (tertiary/aromatic N) is 5. The zero-order valence-corrected chi connectivity index (χ0v) is 31.6. The highest BCUT2D eigenvalue weighted by Gasteiger charge is 2.18. The normalized spacial score (nSPS) is 11.2. The van der Waals surface area contributed by atoms with E-state index in [9.17, 15) is 34.2 Å². The number of likely N-dealkylation sites (N-methyl/N-ethyl adjacent to an activating group) is 1. The molecule has 0 unspecified atom stereocenters. The second kappa shape index (κ2) is 23.3. The number of anilines is 2. The van der Waals surface area contributed by atoms with E-state index in [2.05, 4.69) is 25.9 Å². The minimum absolute atomic E-state index is 0.0849. The van der Waals surface area contributed by atoms with Crippen molar-refractivity contribution < 1.29 is 48.8 Å². The molecule has 0 saturated carbocycles. The van der Waals surface area contributed by atoms with Crippen LogP contribution in [0.3, 0.4) is 0 Å². The van der Waals surface area contributed by atoms with Crippen molar-refractivity contribution in [1.82, 2.24) is 35.3 Å². The van der Waals surface area contributed by atoms with Gasteiger partial charge in [0.1, 0.15) is 12.1 Å². The van der Waals surface area contributed by atoms with E-state index in [0.29, 0.717) is 48.9 Å². The fourth-order valence-electron chi connectivity index (χ4n) is 5.66. The Morgan fingerprint density at radius 3 is 1.85 bits per heavy atom. The van der Waals surface area contributed by atoms with Crippen LogP contribution in [0.5, 0.6) is 11.5 Å². The van der Waals surface area contributed by atoms with Crippen molar-refractivity contribution in [2.24, 2.45) is 0 Å². The third kappa shape index (κ3) is 16.5. The fraction of sp³-hybridized carbons (Fsp3) is 0.486. The van der Waals surface area contributed by atoms with Crippen LogP contribution in [0.25, 0.3) is 10.9 Å². The van der Waals surface area contributed by atoms with Gasteiger partial charge in [0.05, 0.1) is 52.3 Å². The summed E-state index contributed by atoms with van der Waals surface area (Å²) in [5, 5.41) is 37.3. The number of carboxylic acid groups (broad SMARTS) is 3. The summed E-state index contributed by atoms with van der Waals surface area (Å²) < 4.78 is 10.8. The van der Waals surface area contributed by atoms with Crippen molar-refractivity contribution in [1.29, 1.82) is 0 Å². The average Bonchev–Trinajstić information content (AvgIpc) is 3.13. The van der Waals surface area contributed by atoms with Gasteiger partial charge in [-0.05, 0) is 43.7 Å². The molecule has 0 atom stereocenters. The number of carboxylic acids is 3. The lowest BCUT2D eigenvalue weighted by molar-refractivity contribution is -0.140. The van der Waals surface area contributed by atoms with Gasteiger partial charge in [-0.25, -0.2) is 9.97 Å². The molecule has 2 amide bonds. The van der Waals surface area contributed by atoms with Crippen molar-refractivity contribution in [2.75, 3.05) is 92.0 Å². The molecular weight excluding hydrogens is 716 g/mol. The summed E-state index contributed by atoms with van der Waals surface area (Å²) in [6, 6.07) is 11.1. The Bertz CT molecular complexity index is 1730. The predicted molar refractivity (Wildman–Crippen MR) is 204 cm³/mol. The molecule has 3 rings (SSSR count). The molecule has 300 valence electrons. The molecule has 0 aliphatic carbocycles. The Balaban J connectivity index is 1.32. The molecule has 18 heteroatoms. The zero-order valence-electron chi connectivity index (χ0n) is 31.6. The summed E-state index contributed by atoms with van der Waals surface area (Å²) >= 11 is 0. The molecule has 18 nitrogen and oxygen atoms in total. The molecule has 55 heavy (non-hydrogen) atoms. The monoisotopic (exact) mass is 768 g/mol. The number of hydrogen-bond acceptors (Lipinski definition) is 13. The Morgan fingerprint density at radius 1 is 0.673 bits per heavy atom. The third-order valence-corrected chi connectivity index (χ3v) is 8.49. The standard InChI is InChI=1S/C37H52N8O10/c1-43(22-34(48)49)14-15-44(23-35(50)51)16-17-45(24-36(52)53)21-33(47)39-13-7-5-4-6-12-38-32(46)18-26-8-10-27(11-9-26)42-37-28-19-30(54-2)31(55-3)20-29(28)40-25-41-37/h8-11,19-20,25H,4-7,12-18,21-24H2,1-3H3,(H,38,46)(H,39,47)(H,48,49)(H,50,51)(H,52,53)(H,40,41,42). The Morgan fingerprint density at radius 2 is 1.24 bits per heavy atom. The maximum atomic E-state index is 12.5. The molecule has 3 aromatic rings. The molecule has 0 radical (unpaired) electrons. The van der Waals surface area contributed by atoms with Crippen LogP contribution >= 0.6 is 0 Å². The van der Waals surface area contributed by atoms with Crippen molar-refractivity contribution in [3.05, 3.63) is 48.3 Å². The Kier molecular flexibility index (Phi) is 18.5. The first-order chi connectivity index (χ1) is 26.4. The number of carbonyl (C=O) groups is 5. The van der Waals surface area contributed by atoms with Crippen LogP contribution in [0, 0.1) is 0 Å². The first kappa shape index (κ1) is 43.8. The topological polar surface area (TPSA) is 236 Å². The average molecular weight is 769 g/mol. The van der Waals surface area contributed by atoms with Gasteiger partial charge < -0.3 is 40.7 Å². The zero-order chi connectivity index (χ0) is 40.2. The van der Waals surface area contributed by atoms with Gasteiger partial charge >= 0.3 is 17.9 Å². The molecule has 0 bridgehead atoms. The highest BCUT2D eigenvalue weighted by Crippen LogP contribution is 2.34. The second-order valence-corrected chi connectivity index (χ2v) is 13.0. The summed E-state index contributed by atoms with van der Waals surface area (Å²) in [5.41, 5.74) is 2.35. The van der Waals surface area contributed by atoms with Crippen LogP contribution in [0.15, 0.2) is 42.7 Å². The van der Waals surface area contributed by atoms with E-state index >= 15 is 0 Å². The first-order valence-electron chi connectivity index (χ1n) is 17.9. The molecule has 0 aliphatic heterocycles.